The quantitative estimate of drug-likeness (QED) is 0.832. The van der Waals surface area contributed by atoms with Crippen molar-refractivity contribution in [1.29, 1.82) is 5.26 Å². The summed E-state index contributed by atoms with van der Waals surface area (Å²) in [6.07, 6.45) is 1.58. The van der Waals surface area contributed by atoms with E-state index in [1.54, 1.807) is 28.7 Å². The highest BCUT2D eigenvalue weighted by Crippen LogP contribution is 2.33. The second kappa shape index (κ2) is 7.50. The second-order valence-electron chi connectivity index (χ2n) is 6.38. The van der Waals surface area contributed by atoms with Crippen LogP contribution in [0.5, 0.6) is 5.75 Å². The van der Waals surface area contributed by atoms with Gasteiger partial charge < -0.3 is 9.84 Å². The van der Waals surface area contributed by atoms with Crippen LogP contribution in [0.25, 0.3) is 0 Å². The Morgan fingerprint density at radius 1 is 1.42 bits per heavy atom. The van der Waals surface area contributed by atoms with Gasteiger partial charge in [0.15, 0.2) is 0 Å². The van der Waals surface area contributed by atoms with E-state index in [0.717, 1.165) is 11.8 Å². The molecule has 1 aliphatic heterocycles. The highest BCUT2D eigenvalue weighted by atomic mass is 32.2. The molecule has 0 aliphatic carbocycles. The predicted octanol–water partition coefficient (Wildman–Crippen LogP) is 1.80. The number of aromatic nitrogens is 1. The largest absolute Gasteiger partial charge is 0.493 e. The third kappa shape index (κ3) is 3.75. The third-order valence-electron chi connectivity index (χ3n) is 4.29. The number of aliphatic hydroxyl groups is 1. The fraction of sp³-hybridized carbons (Fsp3) is 0.333. The summed E-state index contributed by atoms with van der Waals surface area (Å²) in [6.45, 7) is 2.67. The van der Waals surface area contributed by atoms with E-state index in [0.29, 0.717) is 18.0 Å². The molecule has 0 radical (unpaired) electrons. The molecule has 2 aromatic rings. The van der Waals surface area contributed by atoms with Crippen molar-refractivity contribution in [3.8, 4) is 11.8 Å². The highest BCUT2D eigenvalue weighted by molar-refractivity contribution is 7.82. The van der Waals surface area contributed by atoms with Crippen LogP contribution in [0.4, 0.5) is 4.39 Å². The van der Waals surface area contributed by atoms with Crippen molar-refractivity contribution < 1.29 is 18.4 Å². The molecule has 1 unspecified atom stereocenters. The summed E-state index contributed by atoms with van der Waals surface area (Å²) < 4.78 is 33.5. The van der Waals surface area contributed by atoms with Gasteiger partial charge in [-0.2, -0.15) is 5.26 Å². The average Bonchev–Trinajstić information content (AvgIpc) is 2.61. The van der Waals surface area contributed by atoms with Crippen LogP contribution >= 0.6 is 0 Å². The number of ether oxygens (including phenoxy) is 1. The summed E-state index contributed by atoms with van der Waals surface area (Å²) in [4.78, 5) is 4.75. The lowest BCUT2D eigenvalue weighted by atomic mass is 9.83. The number of halogens is 1. The van der Waals surface area contributed by atoms with E-state index in [2.05, 4.69) is 4.98 Å². The van der Waals surface area contributed by atoms with E-state index in [9.17, 15) is 13.7 Å². The first kappa shape index (κ1) is 18.5. The minimum absolute atomic E-state index is 0.0499. The number of hydrogen-bond donors (Lipinski definition) is 1. The van der Waals surface area contributed by atoms with Crippen molar-refractivity contribution >= 4 is 11.0 Å². The molecule has 2 heterocycles. The summed E-state index contributed by atoms with van der Waals surface area (Å²) in [5.41, 5.74) is 0.242. The van der Waals surface area contributed by atoms with Crippen LogP contribution in [0.1, 0.15) is 11.3 Å². The van der Waals surface area contributed by atoms with Crippen LogP contribution in [-0.2, 0) is 11.0 Å². The molecular weight excluding hydrogens is 357 g/mol. The number of aliphatic hydroxyl groups excluding tert-OH is 1. The molecule has 1 N–H and O–H groups in total. The normalized spacial score (nSPS) is 17.2. The molecule has 0 spiro atoms. The zero-order valence-electron chi connectivity index (χ0n) is 14.2. The van der Waals surface area contributed by atoms with Crippen molar-refractivity contribution in [3.63, 3.8) is 0 Å². The number of rotatable bonds is 6. The lowest BCUT2D eigenvalue weighted by molar-refractivity contribution is -0.0250. The summed E-state index contributed by atoms with van der Waals surface area (Å²) >= 11 is 0. The van der Waals surface area contributed by atoms with Crippen molar-refractivity contribution in [3.05, 3.63) is 53.6 Å². The van der Waals surface area contributed by atoms with E-state index in [1.165, 1.54) is 12.1 Å². The van der Waals surface area contributed by atoms with Crippen LogP contribution in [0.3, 0.4) is 0 Å². The maximum atomic E-state index is 13.6. The molecule has 8 heteroatoms. The highest BCUT2D eigenvalue weighted by Gasteiger charge is 2.46. The summed E-state index contributed by atoms with van der Waals surface area (Å²) in [5, 5.41) is 18.5. The summed E-state index contributed by atoms with van der Waals surface area (Å²) in [7, 11) is -1.35. The van der Waals surface area contributed by atoms with Crippen molar-refractivity contribution in [2.45, 2.75) is 11.8 Å². The van der Waals surface area contributed by atoms with E-state index in [1.807, 2.05) is 6.92 Å². The number of pyridine rings is 1. The average molecular weight is 375 g/mol. The van der Waals surface area contributed by atoms with Gasteiger partial charge in [0.05, 0.1) is 29.1 Å². The number of nitriles is 1. The van der Waals surface area contributed by atoms with Crippen LogP contribution in [-0.4, -0.2) is 44.9 Å². The number of hydrogen-bond acceptors (Lipinski definition) is 5. The Kier molecular flexibility index (Phi) is 5.32. The standard InChI is InChI=1S/C18H18FN3O3S/c1-13-2-5-16(8-21-13)26(24)22-9-18(10-22,11-23)12-25-15-4-3-14(7-20)17(19)6-15/h2-6,8,23H,9-12H2,1H3. The van der Waals surface area contributed by atoms with Gasteiger partial charge in [0.1, 0.15) is 28.6 Å². The smallest absolute Gasteiger partial charge is 0.144 e. The van der Waals surface area contributed by atoms with Crippen LogP contribution < -0.4 is 4.74 Å². The number of benzene rings is 1. The lowest BCUT2D eigenvalue weighted by Crippen LogP contribution is -2.61. The van der Waals surface area contributed by atoms with E-state index >= 15 is 0 Å². The molecule has 1 fully saturated rings. The first-order chi connectivity index (χ1) is 12.5. The van der Waals surface area contributed by atoms with Gasteiger partial charge in [0.2, 0.25) is 0 Å². The van der Waals surface area contributed by atoms with Gasteiger partial charge in [-0.15, -0.1) is 0 Å². The molecule has 0 amide bonds. The number of nitrogens with zero attached hydrogens (tertiary/aromatic N) is 3. The monoisotopic (exact) mass is 375 g/mol. The van der Waals surface area contributed by atoms with Crippen molar-refractivity contribution in [2.75, 3.05) is 26.3 Å². The molecular formula is C18H18FN3O3S. The zero-order chi connectivity index (χ0) is 18.7. The third-order valence-corrected chi connectivity index (χ3v) is 5.66. The van der Waals surface area contributed by atoms with Gasteiger partial charge >= 0.3 is 0 Å². The van der Waals surface area contributed by atoms with Crippen molar-refractivity contribution in [1.82, 2.24) is 9.29 Å². The molecule has 1 aliphatic rings. The van der Waals surface area contributed by atoms with Crippen LogP contribution in [0.2, 0.25) is 0 Å². The number of aryl methyl sites for hydroxylation is 1. The maximum absolute atomic E-state index is 13.6. The van der Waals surface area contributed by atoms with E-state index in [4.69, 9.17) is 10.00 Å². The molecule has 3 rings (SSSR count). The minimum Gasteiger partial charge on any atom is -0.493 e. The summed E-state index contributed by atoms with van der Waals surface area (Å²) in [5.74, 6) is -0.358. The van der Waals surface area contributed by atoms with Gasteiger partial charge in [-0.3, -0.25) is 4.98 Å². The molecule has 6 nitrogen and oxygen atoms in total. The fourth-order valence-corrected chi connectivity index (χ4v) is 4.08. The molecule has 136 valence electrons. The van der Waals surface area contributed by atoms with E-state index in [-0.39, 0.29) is 24.5 Å². The van der Waals surface area contributed by atoms with E-state index < -0.39 is 22.2 Å². The topological polar surface area (TPSA) is 86.5 Å². The Bertz CT molecular complexity index is 861. The van der Waals surface area contributed by atoms with Gasteiger partial charge in [0, 0.05) is 31.0 Å². The predicted molar refractivity (Wildman–Crippen MR) is 93.1 cm³/mol. The zero-order valence-corrected chi connectivity index (χ0v) is 15.0. The maximum Gasteiger partial charge on any atom is 0.144 e. The van der Waals surface area contributed by atoms with Crippen molar-refractivity contribution in [2.24, 2.45) is 5.41 Å². The minimum atomic E-state index is -1.35. The first-order valence-electron chi connectivity index (χ1n) is 7.99. The Labute approximate surface area is 153 Å². The molecule has 0 bridgehead atoms. The second-order valence-corrected chi connectivity index (χ2v) is 7.87. The molecule has 1 atom stereocenters. The molecule has 1 saturated heterocycles. The Morgan fingerprint density at radius 2 is 2.19 bits per heavy atom. The van der Waals surface area contributed by atoms with Crippen LogP contribution in [0.15, 0.2) is 41.4 Å². The fourth-order valence-electron chi connectivity index (χ4n) is 2.68. The van der Waals surface area contributed by atoms with Gasteiger partial charge in [-0.25, -0.2) is 12.9 Å². The molecule has 0 saturated carbocycles. The summed E-state index contributed by atoms with van der Waals surface area (Å²) in [6, 6.07) is 9.33. The van der Waals surface area contributed by atoms with Crippen LogP contribution in [0, 0.1) is 29.5 Å². The SMILES string of the molecule is Cc1ccc(S(=O)N2CC(CO)(COc3ccc(C#N)c(F)c3)C2)cn1. The lowest BCUT2D eigenvalue weighted by Gasteiger charge is -2.47. The van der Waals surface area contributed by atoms with Gasteiger partial charge in [0.25, 0.3) is 0 Å². The Morgan fingerprint density at radius 3 is 2.77 bits per heavy atom. The Balaban J connectivity index is 1.60. The Hall–Kier alpha value is -2.34. The first-order valence-corrected chi connectivity index (χ1v) is 9.10. The molecule has 1 aromatic heterocycles. The van der Waals surface area contributed by atoms with Gasteiger partial charge in [-0.1, -0.05) is 0 Å². The van der Waals surface area contributed by atoms with Gasteiger partial charge in [-0.05, 0) is 31.2 Å². The molecule has 26 heavy (non-hydrogen) atoms. The molecule has 1 aromatic carbocycles.